The summed E-state index contributed by atoms with van der Waals surface area (Å²) in [6, 6.07) is 23.7. The molecule has 0 radical (unpaired) electrons. The Labute approximate surface area is 237 Å². The van der Waals surface area contributed by atoms with Crippen molar-refractivity contribution in [3.8, 4) is 34.1 Å². The molecule has 194 valence electrons. The number of aryl methyl sites for hydroxylation is 1. The molecule has 3 heterocycles. The summed E-state index contributed by atoms with van der Waals surface area (Å²) in [4.78, 5) is 18.5. The Balaban J connectivity index is 1.45. The second-order valence-electron chi connectivity index (χ2n) is 9.09. The lowest BCUT2D eigenvalue weighted by Gasteiger charge is -2.09. The van der Waals surface area contributed by atoms with Crippen LogP contribution in [-0.4, -0.2) is 31.0 Å². The monoisotopic (exact) mass is 597 g/mol. The number of para-hydroxylation sites is 1. The van der Waals surface area contributed by atoms with Crippen LogP contribution < -0.4 is 14.8 Å². The first kappa shape index (κ1) is 25.2. The van der Waals surface area contributed by atoms with E-state index in [0.717, 1.165) is 50.3 Å². The van der Waals surface area contributed by atoms with Gasteiger partial charge in [-0.15, -0.1) is 5.10 Å². The Hall–Kier alpha value is -4.08. The highest BCUT2D eigenvalue weighted by molar-refractivity contribution is 9.10. The molecule has 0 spiro atoms. The molecule has 9 heteroatoms. The van der Waals surface area contributed by atoms with Crippen molar-refractivity contribution >= 4 is 38.3 Å². The predicted octanol–water partition coefficient (Wildman–Crippen LogP) is 6.08. The van der Waals surface area contributed by atoms with E-state index in [9.17, 15) is 4.79 Å². The average molecular weight is 599 g/mol. The molecule has 3 aromatic carbocycles. The van der Waals surface area contributed by atoms with Crippen molar-refractivity contribution in [2.45, 2.75) is 20.3 Å². The molecule has 3 aromatic heterocycles. The van der Waals surface area contributed by atoms with E-state index in [4.69, 9.17) is 9.84 Å². The second-order valence-corrected chi connectivity index (χ2v) is 11.0. The summed E-state index contributed by atoms with van der Waals surface area (Å²) in [5.41, 5.74) is 5.16. The Morgan fingerprint density at radius 3 is 2.49 bits per heavy atom. The molecule has 0 aliphatic heterocycles. The van der Waals surface area contributed by atoms with Gasteiger partial charge in [0.15, 0.2) is 5.82 Å². The molecule has 6 aromatic rings. The van der Waals surface area contributed by atoms with Crippen molar-refractivity contribution in [2.75, 3.05) is 6.61 Å². The maximum Gasteiger partial charge on any atom is 0.291 e. The van der Waals surface area contributed by atoms with Crippen LogP contribution in [0.1, 0.15) is 24.5 Å². The van der Waals surface area contributed by atoms with E-state index < -0.39 is 0 Å². The van der Waals surface area contributed by atoms with Crippen LogP contribution in [0, 0.1) is 6.92 Å². The number of ether oxygens (including phenoxy) is 1. The number of thiazole rings is 1. The van der Waals surface area contributed by atoms with E-state index in [2.05, 4.69) is 39.0 Å². The Kier molecular flexibility index (Phi) is 6.85. The van der Waals surface area contributed by atoms with Crippen molar-refractivity contribution in [3.05, 3.63) is 109 Å². The summed E-state index contributed by atoms with van der Waals surface area (Å²) >= 11 is 4.76. The van der Waals surface area contributed by atoms with Crippen molar-refractivity contribution in [1.29, 1.82) is 0 Å². The van der Waals surface area contributed by atoms with Gasteiger partial charge in [0.1, 0.15) is 11.4 Å². The van der Waals surface area contributed by atoms with Gasteiger partial charge in [-0.25, -0.2) is 4.68 Å². The van der Waals surface area contributed by atoms with Gasteiger partial charge in [-0.1, -0.05) is 64.5 Å². The molecule has 0 aliphatic carbocycles. The summed E-state index contributed by atoms with van der Waals surface area (Å²) in [5.74, 6) is 1.39. The first-order chi connectivity index (χ1) is 19.0. The zero-order chi connectivity index (χ0) is 26.9. The predicted molar refractivity (Wildman–Crippen MR) is 159 cm³/mol. The minimum Gasteiger partial charge on any atom is -0.493 e. The van der Waals surface area contributed by atoms with Crippen molar-refractivity contribution in [2.24, 2.45) is 0 Å². The van der Waals surface area contributed by atoms with Crippen LogP contribution >= 0.6 is 27.3 Å². The molecule has 0 unspecified atom stereocenters. The molecule has 0 fully saturated rings. The number of hydrogen-bond donors (Lipinski definition) is 0. The van der Waals surface area contributed by atoms with Crippen molar-refractivity contribution < 1.29 is 4.74 Å². The third-order valence-corrected chi connectivity index (χ3v) is 7.73. The topological polar surface area (TPSA) is 74.3 Å². The molecule has 7 nitrogen and oxygen atoms in total. The largest absolute Gasteiger partial charge is 0.493 e. The molecule has 0 bridgehead atoms. The maximum absolute atomic E-state index is 13.3. The van der Waals surface area contributed by atoms with Crippen LogP contribution in [0.25, 0.3) is 39.4 Å². The zero-order valence-corrected chi connectivity index (χ0v) is 23.7. The molecule has 0 saturated carbocycles. The van der Waals surface area contributed by atoms with E-state index in [1.54, 1.807) is 0 Å². The molecule has 0 N–H and O–H groups in total. The van der Waals surface area contributed by atoms with E-state index in [1.165, 1.54) is 15.9 Å². The summed E-state index contributed by atoms with van der Waals surface area (Å²) in [6.45, 7) is 4.79. The van der Waals surface area contributed by atoms with Crippen LogP contribution in [0.4, 0.5) is 0 Å². The normalized spacial score (nSPS) is 11.9. The smallest absolute Gasteiger partial charge is 0.291 e. The summed E-state index contributed by atoms with van der Waals surface area (Å²) in [7, 11) is 0. The number of rotatable bonds is 7. The highest BCUT2D eigenvalue weighted by atomic mass is 79.9. The minimum atomic E-state index is -0.205. The molecule has 39 heavy (non-hydrogen) atoms. The van der Waals surface area contributed by atoms with Crippen molar-refractivity contribution in [3.63, 3.8) is 0 Å². The highest BCUT2D eigenvalue weighted by Gasteiger charge is 2.16. The third kappa shape index (κ3) is 5.03. The van der Waals surface area contributed by atoms with Crippen LogP contribution in [0.2, 0.25) is 0 Å². The van der Waals surface area contributed by atoms with Crippen molar-refractivity contribution in [1.82, 2.24) is 24.4 Å². The molecular formula is C30H24BrN5O2S. The zero-order valence-electron chi connectivity index (χ0n) is 21.3. The quantitative estimate of drug-likeness (QED) is 0.223. The van der Waals surface area contributed by atoms with E-state index >= 15 is 0 Å². The fourth-order valence-corrected chi connectivity index (χ4v) is 5.46. The number of fused-ring (bicyclic) bond motifs is 1. The van der Waals surface area contributed by atoms with E-state index in [0.29, 0.717) is 21.9 Å². The number of aromatic nitrogens is 5. The van der Waals surface area contributed by atoms with Crippen LogP contribution in [0.15, 0.2) is 88.3 Å². The summed E-state index contributed by atoms with van der Waals surface area (Å²) < 4.78 is 10.6. The fourth-order valence-electron chi connectivity index (χ4n) is 4.30. The summed E-state index contributed by atoms with van der Waals surface area (Å²) in [6.07, 6.45) is 4.77. The van der Waals surface area contributed by atoms with Gasteiger partial charge in [0, 0.05) is 27.4 Å². The first-order valence-electron chi connectivity index (χ1n) is 12.6. The van der Waals surface area contributed by atoms with Gasteiger partial charge in [-0.05, 0) is 67.4 Å². The lowest BCUT2D eigenvalue weighted by molar-refractivity contribution is 0.315. The maximum atomic E-state index is 13.3. The summed E-state index contributed by atoms with van der Waals surface area (Å²) in [5, 5.41) is 9.40. The number of halogens is 1. The highest BCUT2D eigenvalue weighted by Crippen LogP contribution is 2.29. The van der Waals surface area contributed by atoms with E-state index in [-0.39, 0.29) is 5.56 Å². The number of hydrogen-bond acceptors (Lipinski definition) is 6. The lowest BCUT2D eigenvalue weighted by Crippen LogP contribution is -2.23. The van der Waals surface area contributed by atoms with Gasteiger partial charge < -0.3 is 4.74 Å². The number of benzene rings is 3. The van der Waals surface area contributed by atoms with Gasteiger partial charge in [0.25, 0.3) is 5.56 Å². The Morgan fingerprint density at radius 2 is 1.77 bits per heavy atom. The van der Waals surface area contributed by atoms with Gasteiger partial charge in [0.05, 0.1) is 16.8 Å². The fraction of sp³-hybridized carbons (Fsp3) is 0.133. The number of nitrogens with zero attached hydrogens (tertiary/aromatic N) is 5. The standard InChI is InChI=1S/C30H24BrN5O2S/c1-3-15-38-25-14-11-21(16-19(25)2)27-22(18-35(33-27)24-7-5-4-6-8-24)17-26-29(37)36-30(39-26)32-28(34-36)20-9-12-23(31)13-10-20/h4-14,16-18H,3,15H2,1-2H3/b26-17-. The van der Waals surface area contributed by atoms with Gasteiger partial charge in [0.2, 0.25) is 4.96 Å². The SMILES string of the molecule is CCCOc1ccc(-c2nn(-c3ccccc3)cc2/C=c2\sc3nc(-c4ccc(Br)cc4)nn3c2=O)cc1C. The second kappa shape index (κ2) is 10.6. The molecular weight excluding hydrogens is 574 g/mol. The van der Waals surface area contributed by atoms with Gasteiger partial charge >= 0.3 is 0 Å². The first-order valence-corrected chi connectivity index (χ1v) is 14.2. The Bertz CT molecular complexity index is 1890. The van der Waals surface area contributed by atoms with Gasteiger partial charge in [-0.2, -0.15) is 14.6 Å². The van der Waals surface area contributed by atoms with E-state index in [1.807, 2.05) is 90.6 Å². The molecule has 0 amide bonds. The third-order valence-electron chi connectivity index (χ3n) is 6.24. The van der Waals surface area contributed by atoms with Crippen LogP contribution in [-0.2, 0) is 0 Å². The molecule has 6 rings (SSSR count). The van der Waals surface area contributed by atoms with Gasteiger partial charge in [-0.3, -0.25) is 4.79 Å². The minimum absolute atomic E-state index is 0.205. The molecule has 0 aliphatic rings. The molecule has 0 saturated heterocycles. The van der Waals surface area contributed by atoms with Crippen LogP contribution in [0.3, 0.4) is 0 Å². The van der Waals surface area contributed by atoms with Crippen LogP contribution in [0.5, 0.6) is 5.75 Å². The lowest BCUT2D eigenvalue weighted by atomic mass is 10.0. The Morgan fingerprint density at radius 1 is 1.00 bits per heavy atom. The molecule has 0 atom stereocenters. The average Bonchev–Trinajstić information content (AvgIpc) is 3.64.